The number of likely N-dealkylation sites (tertiary alicyclic amines) is 1. The van der Waals surface area contributed by atoms with Crippen molar-refractivity contribution in [3.05, 3.63) is 81.8 Å². The Morgan fingerprint density at radius 2 is 1.87 bits per heavy atom. The number of rotatable bonds is 4. The van der Waals surface area contributed by atoms with Gasteiger partial charge in [-0.15, -0.1) is 11.3 Å². The molecule has 1 unspecified atom stereocenters. The topological polar surface area (TPSA) is 89.0 Å². The van der Waals surface area contributed by atoms with Gasteiger partial charge in [-0.3, -0.25) is 14.6 Å². The van der Waals surface area contributed by atoms with Gasteiger partial charge in [0.1, 0.15) is 19.0 Å². The van der Waals surface area contributed by atoms with Crippen LogP contribution in [0.4, 0.5) is 0 Å². The molecule has 4 heterocycles. The summed E-state index contributed by atoms with van der Waals surface area (Å²) in [5.41, 5.74) is 1.31. The van der Waals surface area contributed by atoms with Crippen LogP contribution in [0.2, 0.25) is 0 Å². The van der Waals surface area contributed by atoms with Crippen molar-refractivity contribution >= 4 is 28.8 Å². The zero-order chi connectivity index (χ0) is 21.4. The maximum absolute atomic E-state index is 13.0. The number of carbonyl (C=O) groups excluding carboxylic acids is 2. The molecule has 0 radical (unpaired) electrons. The highest BCUT2D eigenvalue weighted by molar-refractivity contribution is 7.10. The summed E-state index contributed by atoms with van der Waals surface area (Å²) in [7, 11) is 0. The number of aliphatic hydroxyl groups is 1. The number of benzene rings is 1. The van der Waals surface area contributed by atoms with Crippen LogP contribution in [0.5, 0.6) is 11.5 Å². The predicted octanol–water partition coefficient (Wildman–Crippen LogP) is 3.54. The number of carbonyl (C=O) groups is 2. The summed E-state index contributed by atoms with van der Waals surface area (Å²) in [6.07, 6.45) is 3.28. The van der Waals surface area contributed by atoms with Gasteiger partial charge in [-0.1, -0.05) is 6.07 Å². The average Bonchev–Trinajstić information content (AvgIpc) is 3.42. The van der Waals surface area contributed by atoms with Crippen LogP contribution in [0.3, 0.4) is 0 Å². The lowest BCUT2D eigenvalue weighted by Gasteiger charge is -2.24. The molecule has 3 aromatic rings. The molecule has 1 atom stereocenters. The third-order valence-corrected chi connectivity index (χ3v) is 6.20. The maximum atomic E-state index is 13.0. The number of fused-ring (bicyclic) bond motifs is 1. The van der Waals surface area contributed by atoms with E-state index in [-0.39, 0.29) is 17.9 Å². The van der Waals surface area contributed by atoms with E-state index in [2.05, 4.69) is 4.98 Å². The van der Waals surface area contributed by atoms with Crippen LogP contribution in [-0.2, 0) is 16.1 Å². The van der Waals surface area contributed by atoms with Gasteiger partial charge in [-0.25, -0.2) is 0 Å². The number of ketones is 1. The lowest BCUT2D eigenvalue weighted by atomic mass is 9.99. The fourth-order valence-electron chi connectivity index (χ4n) is 3.82. The minimum atomic E-state index is -0.708. The average molecular weight is 434 g/mol. The monoisotopic (exact) mass is 434 g/mol. The summed E-state index contributed by atoms with van der Waals surface area (Å²) >= 11 is 1.43. The number of aliphatic hydroxyl groups excluding tert-OH is 1. The summed E-state index contributed by atoms with van der Waals surface area (Å²) in [6.45, 7) is 1.09. The van der Waals surface area contributed by atoms with Gasteiger partial charge in [0, 0.05) is 29.4 Å². The van der Waals surface area contributed by atoms with E-state index in [4.69, 9.17) is 9.47 Å². The first-order valence-electron chi connectivity index (χ1n) is 9.74. The van der Waals surface area contributed by atoms with E-state index < -0.39 is 17.7 Å². The van der Waals surface area contributed by atoms with Crippen molar-refractivity contribution in [2.45, 2.75) is 12.6 Å². The zero-order valence-electron chi connectivity index (χ0n) is 16.4. The van der Waals surface area contributed by atoms with E-state index in [1.807, 2.05) is 17.5 Å². The Balaban J connectivity index is 1.60. The van der Waals surface area contributed by atoms with E-state index in [0.29, 0.717) is 30.3 Å². The number of amides is 1. The molecule has 1 saturated heterocycles. The minimum Gasteiger partial charge on any atom is -0.507 e. The van der Waals surface area contributed by atoms with Gasteiger partial charge in [-0.05, 0) is 47.3 Å². The van der Waals surface area contributed by atoms with Crippen molar-refractivity contribution in [2.24, 2.45) is 0 Å². The van der Waals surface area contributed by atoms with Crippen LogP contribution in [0, 0.1) is 0 Å². The summed E-state index contributed by atoms with van der Waals surface area (Å²) in [5.74, 6) is -0.509. The van der Waals surface area contributed by atoms with Crippen LogP contribution in [0.15, 0.2) is 65.8 Å². The first kappa shape index (κ1) is 19.3. The molecule has 1 aromatic carbocycles. The molecule has 0 spiro atoms. The second kappa shape index (κ2) is 7.88. The van der Waals surface area contributed by atoms with Gasteiger partial charge in [-0.2, -0.15) is 0 Å². The number of aromatic nitrogens is 1. The van der Waals surface area contributed by atoms with Crippen molar-refractivity contribution in [3.8, 4) is 11.5 Å². The molecule has 2 aliphatic heterocycles. The van der Waals surface area contributed by atoms with Crippen molar-refractivity contribution < 1.29 is 24.2 Å². The molecule has 0 aliphatic carbocycles. The Kier molecular flexibility index (Phi) is 4.91. The Hall–Kier alpha value is -3.65. The molecule has 156 valence electrons. The van der Waals surface area contributed by atoms with Gasteiger partial charge < -0.3 is 19.5 Å². The summed E-state index contributed by atoms with van der Waals surface area (Å²) < 4.78 is 11.1. The maximum Gasteiger partial charge on any atom is 0.295 e. The molecule has 5 rings (SSSR count). The molecule has 1 fully saturated rings. The molecule has 31 heavy (non-hydrogen) atoms. The van der Waals surface area contributed by atoms with Crippen molar-refractivity contribution in [1.82, 2.24) is 9.88 Å². The highest BCUT2D eigenvalue weighted by Gasteiger charge is 2.46. The van der Waals surface area contributed by atoms with Crippen LogP contribution in [0.1, 0.15) is 22.0 Å². The van der Waals surface area contributed by atoms with Gasteiger partial charge in [0.2, 0.25) is 0 Å². The van der Waals surface area contributed by atoms with Crippen LogP contribution in [0.25, 0.3) is 5.76 Å². The third-order valence-electron chi connectivity index (χ3n) is 5.27. The number of pyridine rings is 1. The normalized spacial score (nSPS) is 19.6. The Bertz CT molecular complexity index is 1170. The van der Waals surface area contributed by atoms with Gasteiger partial charge in [0.05, 0.1) is 11.6 Å². The molecular weight excluding hydrogens is 416 g/mol. The van der Waals surface area contributed by atoms with Crippen molar-refractivity contribution in [3.63, 3.8) is 0 Å². The van der Waals surface area contributed by atoms with E-state index in [1.54, 1.807) is 42.7 Å². The molecular formula is C23H18N2O5S. The number of nitrogens with zero attached hydrogens (tertiary/aromatic N) is 2. The molecule has 2 aromatic heterocycles. The van der Waals surface area contributed by atoms with E-state index >= 15 is 0 Å². The molecule has 0 saturated carbocycles. The highest BCUT2D eigenvalue weighted by atomic mass is 32.1. The quantitative estimate of drug-likeness (QED) is 0.384. The third kappa shape index (κ3) is 3.44. The summed E-state index contributed by atoms with van der Waals surface area (Å²) in [6, 6.07) is 11.6. The van der Waals surface area contributed by atoms with E-state index in [1.165, 1.54) is 16.2 Å². The minimum absolute atomic E-state index is 0.0678. The Morgan fingerprint density at radius 3 is 2.61 bits per heavy atom. The number of hydrogen-bond acceptors (Lipinski definition) is 7. The van der Waals surface area contributed by atoms with Gasteiger partial charge >= 0.3 is 0 Å². The second-order valence-corrected chi connectivity index (χ2v) is 8.14. The van der Waals surface area contributed by atoms with Gasteiger partial charge in [0.25, 0.3) is 11.7 Å². The molecule has 7 nitrogen and oxygen atoms in total. The SMILES string of the molecule is O=C1C(=O)N(Cc2ccncc2)C(c2cccs2)/C1=C(/O)c1ccc2c(c1)OCCO2. The molecule has 8 heteroatoms. The smallest absolute Gasteiger partial charge is 0.295 e. The van der Waals surface area contributed by atoms with Crippen molar-refractivity contribution in [2.75, 3.05) is 13.2 Å². The standard InChI is InChI=1S/C23H18N2O5S/c26-21(15-3-4-16-17(12-15)30-10-9-29-16)19-20(18-2-1-11-31-18)25(23(28)22(19)27)13-14-5-7-24-8-6-14/h1-8,11-12,20,26H,9-10,13H2/b21-19-. The van der Waals surface area contributed by atoms with Crippen LogP contribution in [-0.4, -0.2) is 39.9 Å². The Labute approximate surface area is 182 Å². The predicted molar refractivity (Wildman–Crippen MR) is 114 cm³/mol. The fraction of sp³-hybridized carbons (Fsp3) is 0.174. The second-order valence-electron chi connectivity index (χ2n) is 7.16. The summed E-state index contributed by atoms with van der Waals surface area (Å²) in [5, 5.41) is 13.0. The first-order chi connectivity index (χ1) is 15.1. The molecule has 1 amide bonds. The number of hydrogen-bond donors (Lipinski definition) is 1. The largest absolute Gasteiger partial charge is 0.507 e. The molecule has 0 bridgehead atoms. The van der Waals surface area contributed by atoms with Crippen molar-refractivity contribution in [1.29, 1.82) is 0 Å². The van der Waals surface area contributed by atoms with Gasteiger partial charge in [0.15, 0.2) is 11.5 Å². The lowest BCUT2D eigenvalue weighted by molar-refractivity contribution is -0.140. The number of thiophene rings is 1. The highest BCUT2D eigenvalue weighted by Crippen LogP contribution is 2.43. The number of Topliss-reactive ketones (excluding diaryl/α,β-unsaturated/α-hetero) is 1. The Morgan fingerprint density at radius 1 is 1.10 bits per heavy atom. The fourth-order valence-corrected chi connectivity index (χ4v) is 4.66. The molecule has 2 aliphatic rings. The van der Waals surface area contributed by atoms with Crippen LogP contribution < -0.4 is 9.47 Å². The van der Waals surface area contributed by atoms with E-state index in [0.717, 1.165) is 10.4 Å². The summed E-state index contributed by atoms with van der Waals surface area (Å²) in [4.78, 5) is 32.3. The molecule has 1 N–H and O–H groups in total. The van der Waals surface area contributed by atoms with Crippen LogP contribution >= 0.6 is 11.3 Å². The lowest BCUT2D eigenvalue weighted by Crippen LogP contribution is -2.28. The zero-order valence-corrected chi connectivity index (χ0v) is 17.2. The van der Waals surface area contributed by atoms with E-state index in [9.17, 15) is 14.7 Å². The first-order valence-corrected chi connectivity index (χ1v) is 10.6. The number of ether oxygens (including phenoxy) is 2.